The molecule has 10 heteroatoms. The molecule has 222 valence electrons. The molecule has 44 heavy (non-hydrogen) atoms. The van der Waals surface area contributed by atoms with Gasteiger partial charge in [-0.15, -0.1) is 0 Å². The van der Waals surface area contributed by atoms with Gasteiger partial charge in [0.25, 0.3) is 5.91 Å². The number of halogens is 1. The van der Waals surface area contributed by atoms with E-state index in [-0.39, 0.29) is 45.9 Å². The van der Waals surface area contributed by atoms with Gasteiger partial charge in [-0.1, -0.05) is 47.5 Å². The smallest absolute Gasteiger partial charge is 0.346 e. The summed E-state index contributed by atoms with van der Waals surface area (Å²) < 4.78 is 11.3. The number of carbonyl (C=O) groups excluding carboxylic acids is 3. The molecule has 0 saturated heterocycles. The van der Waals surface area contributed by atoms with Crippen molar-refractivity contribution in [3.63, 3.8) is 0 Å². The number of allylic oxidation sites excluding steroid dienone is 2. The Kier molecular flexibility index (Phi) is 8.71. The van der Waals surface area contributed by atoms with Gasteiger partial charge in [0.05, 0.1) is 34.4 Å². The van der Waals surface area contributed by atoms with Gasteiger partial charge < -0.3 is 19.4 Å². The highest BCUT2D eigenvalue weighted by Gasteiger charge is 2.34. The number of aliphatic imine (C=N–C) groups is 1. The second-order valence-electron chi connectivity index (χ2n) is 10.3. The molecule has 5 rings (SSSR count). The normalized spacial score (nSPS) is 13.6. The molecule has 1 amide bonds. The van der Waals surface area contributed by atoms with E-state index in [9.17, 15) is 29.4 Å². The van der Waals surface area contributed by atoms with E-state index in [0.29, 0.717) is 16.5 Å². The molecule has 0 saturated carbocycles. The molecule has 2 N–H and O–H groups in total. The number of benzene rings is 3. The number of amides is 1. The van der Waals surface area contributed by atoms with Gasteiger partial charge in [0.2, 0.25) is 0 Å². The van der Waals surface area contributed by atoms with Crippen molar-refractivity contribution in [2.24, 2.45) is 4.99 Å². The third-order valence-corrected chi connectivity index (χ3v) is 7.42. The van der Waals surface area contributed by atoms with Gasteiger partial charge >= 0.3 is 5.63 Å². The maximum Gasteiger partial charge on any atom is 0.346 e. The SMILES string of the molecule is CC(C)=CC[C@@H](OCc1ccc(C(=O)N=Cc2c(Cl)c3ccccc3oc2=O)cc1)C1=CC(=O)c2c(O)ccc(O)c2C1=O. The second-order valence-corrected chi connectivity index (χ2v) is 10.7. The number of aromatic hydroxyl groups is 2. The number of hydrogen-bond donors (Lipinski definition) is 2. The van der Waals surface area contributed by atoms with Crippen molar-refractivity contribution in [1.82, 2.24) is 0 Å². The topological polar surface area (TPSA) is 143 Å². The number of ether oxygens (including phenoxy) is 1. The van der Waals surface area contributed by atoms with E-state index in [1.807, 2.05) is 19.9 Å². The summed E-state index contributed by atoms with van der Waals surface area (Å²) in [5, 5.41) is 21.1. The van der Waals surface area contributed by atoms with Crippen molar-refractivity contribution < 1.29 is 33.8 Å². The van der Waals surface area contributed by atoms with E-state index >= 15 is 0 Å². The lowest BCUT2D eigenvalue weighted by atomic mass is 9.85. The van der Waals surface area contributed by atoms with Crippen molar-refractivity contribution in [2.75, 3.05) is 0 Å². The number of ketones is 2. The van der Waals surface area contributed by atoms with Gasteiger partial charge in [-0.2, -0.15) is 0 Å². The van der Waals surface area contributed by atoms with Gasteiger partial charge in [-0.25, -0.2) is 9.79 Å². The number of rotatable bonds is 8. The molecule has 1 atom stereocenters. The van der Waals surface area contributed by atoms with Crippen molar-refractivity contribution in [2.45, 2.75) is 33.0 Å². The Bertz CT molecular complexity index is 1960. The van der Waals surface area contributed by atoms with Crippen LogP contribution in [0, 0.1) is 0 Å². The maximum absolute atomic E-state index is 13.3. The lowest BCUT2D eigenvalue weighted by Crippen LogP contribution is -2.27. The molecule has 9 nitrogen and oxygen atoms in total. The van der Waals surface area contributed by atoms with E-state index in [2.05, 4.69) is 4.99 Å². The summed E-state index contributed by atoms with van der Waals surface area (Å²) in [6.07, 6.45) is 3.53. The molecular formula is C34H26ClNO8. The highest BCUT2D eigenvalue weighted by atomic mass is 35.5. The van der Waals surface area contributed by atoms with Crippen LogP contribution < -0.4 is 5.63 Å². The molecule has 0 unspecified atom stereocenters. The molecule has 1 aliphatic carbocycles. The minimum atomic E-state index is -0.833. The van der Waals surface area contributed by atoms with Gasteiger partial charge in [-0.05, 0) is 68.3 Å². The van der Waals surface area contributed by atoms with Crippen LogP contribution in [0.5, 0.6) is 11.5 Å². The molecule has 0 aliphatic heterocycles. The van der Waals surface area contributed by atoms with Crippen LogP contribution in [0.4, 0.5) is 0 Å². The first-order valence-corrected chi connectivity index (χ1v) is 13.9. The van der Waals surface area contributed by atoms with Crippen LogP contribution in [-0.4, -0.2) is 40.0 Å². The Morgan fingerprint density at radius 1 is 0.977 bits per heavy atom. The highest BCUT2D eigenvalue weighted by Crippen LogP contribution is 2.36. The molecule has 3 aromatic carbocycles. The number of carbonyl (C=O) groups is 3. The van der Waals surface area contributed by atoms with Crippen LogP contribution in [0.3, 0.4) is 0 Å². The Morgan fingerprint density at radius 2 is 1.66 bits per heavy atom. The summed E-state index contributed by atoms with van der Waals surface area (Å²) in [7, 11) is 0. The number of Topliss-reactive ketones (excluding diaryl/α,β-unsaturated/α-hetero) is 1. The first-order valence-electron chi connectivity index (χ1n) is 13.5. The predicted molar refractivity (Wildman–Crippen MR) is 165 cm³/mol. The maximum atomic E-state index is 13.3. The quantitative estimate of drug-likeness (QED) is 0.101. The number of phenolic OH excluding ortho intramolecular Hbond substituents is 2. The minimum absolute atomic E-state index is 0.0322. The third-order valence-electron chi connectivity index (χ3n) is 7.02. The lowest BCUT2D eigenvalue weighted by Gasteiger charge is -2.24. The fourth-order valence-electron chi connectivity index (χ4n) is 4.72. The zero-order chi connectivity index (χ0) is 31.5. The third kappa shape index (κ3) is 6.15. The van der Waals surface area contributed by atoms with E-state index < -0.39 is 40.7 Å². The zero-order valence-corrected chi connectivity index (χ0v) is 24.4. The number of nitrogens with zero attached hydrogens (tertiary/aromatic N) is 1. The van der Waals surface area contributed by atoms with Crippen molar-refractivity contribution >= 4 is 46.3 Å². The zero-order valence-electron chi connectivity index (χ0n) is 23.7. The summed E-state index contributed by atoms with van der Waals surface area (Å²) in [5.41, 5.74) is 1.00. The summed E-state index contributed by atoms with van der Waals surface area (Å²) in [6.45, 7) is 3.80. The van der Waals surface area contributed by atoms with Crippen LogP contribution in [0.1, 0.15) is 62.5 Å². The van der Waals surface area contributed by atoms with E-state index in [1.54, 1.807) is 48.5 Å². The highest BCUT2D eigenvalue weighted by molar-refractivity contribution is 6.37. The lowest BCUT2D eigenvalue weighted by molar-refractivity contribution is 0.0595. The largest absolute Gasteiger partial charge is 0.507 e. The molecule has 0 radical (unpaired) electrons. The predicted octanol–water partition coefficient (Wildman–Crippen LogP) is 6.36. The van der Waals surface area contributed by atoms with Crippen molar-refractivity contribution in [1.29, 1.82) is 0 Å². The summed E-state index contributed by atoms with van der Waals surface area (Å²) in [5.74, 6) is -2.63. The first-order chi connectivity index (χ1) is 21.0. The number of fused-ring (bicyclic) bond motifs is 2. The Hall–Kier alpha value is -5.12. The Labute approximate surface area is 256 Å². The fraction of sp³-hybridized carbons (Fsp3) is 0.147. The molecule has 0 bridgehead atoms. The van der Waals surface area contributed by atoms with Gasteiger partial charge in [0.15, 0.2) is 11.6 Å². The van der Waals surface area contributed by atoms with Gasteiger partial charge in [0.1, 0.15) is 17.1 Å². The van der Waals surface area contributed by atoms with Crippen molar-refractivity contribution in [3.8, 4) is 11.5 Å². The van der Waals surface area contributed by atoms with E-state index in [1.165, 1.54) is 0 Å². The molecule has 0 spiro atoms. The fourth-order valence-corrected chi connectivity index (χ4v) is 5.01. The molecule has 0 fully saturated rings. The van der Waals surface area contributed by atoms with Gasteiger partial charge in [0, 0.05) is 22.7 Å². The minimum Gasteiger partial charge on any atom is -0.507 e. The van der Waals surface area contributed by atoms with Crippen LogP contribution >= 0.6 is 11.6 Å². The number of para-hydroxylation sites is 1. The Morgan fingerprint density at radius 3 is 2.36 bits per heavy atom. The average Bonchev–Trinajstić information content (AvgIpc) is 3.00. The van der Waals surface area contributed by atoms with E-state index in [0.717, 1.165) is 30.0 Å². The molecule has 1 heterocycles. The van der Waals surface area contributed by atoms with Crippen LogP contribution in [0.2, 0.25) is 5.02 Å². The van der Waals surface area contributed by atoms with E-state index in [4.69, 9.17) is 20.8 Å². The standard InChI is InChI=1S/C34H26ClNO8/c1-18(2)7-14-27(22-15-26(39)29-24(37)12-13-25(38)30(29)32(22)40)43-17-19-8-10-20(11-9-19)33(41)36-16-23-31(35)21-5-3-4-6-28(21)44-34(23)42/h3-13,15-16,27,37-38H,14,17H2,1-2H3/t27-/m1/s1. The second kappa shape index (κ2) is 12.6. The van der Waals surface area contributed by atoms with Crippen molar-refractivity contribution in [3.05, 3.63) is 127 Å². The average molecular weight is 612 g/mol. The molecule has 1 aliphatic rings. The molecule has 1 aromatic heterocycles. The Balaban J connectivity index is 1.32. The first kappa shape index (κ1) is 30.3. The monoisotopic (exact) mass is 611 g/mol. The molecular weight excluding hydrogens is 586 g/mol. The van der Waals surface area contributed by atoms with Gasteiger partial charge in [-0.3, -0.25) is 14.4 Å². The van der Waals surface area contributed by atoms with Crippen LogP contribution in [0.25, 0.3) is 11.0 Å². The van der Waals surface area contributed by atoms with Crippen LogP contribution in [0.15, 0.2) is 98.2 Å². The summed E-state index contributed by atoms with van der Waals surface area (Å²) >= 11 is 6.36. The van der Waals surface area contributed by atoms with Crippen LogP contribution in [-0.2, 0) is 11.3 Å². The number of hydrogen-bond acceptors (Lipinski definition) is 8. The summed E-state index contributed by atoms with van der Waals surface area (Å²) in [6, 6.07) is 15.5. The molecule has 4 aromatic rings. The number of phenols is 2. The summed E-state index contributed by atoms with van der Waals surface area (Å²) in [4.78, 5) is 55.2.